The molecular weight excluding hydrogens is 170 g/mol. The third-order valence-electron chi connectivity index (χ3n) is 2.05. The lowest BCUT2D eigenvalue weighted by Gasteiger charge is -2.28. The van der Waals surface area contributed by atoms with Gasteiger partial charge in [0.25, 0.3) is 0 Å². The first-order valence-corrected chi connectivity index (χ1v) is 4.04. The van der Waals surface area contributed by atoms with E-state index in [0.29, 0.717) is 6.61 Å². The number of hydrogen-bond acceptors (Lipinski definition) is 3. The second-order valence-corrected chi connectivity index (χ2v) is 3.67. The van der Waals surface area contributed by atoms with Gasteiger partial charge < -0.3 is 9.84 Å². The van der Waals surface area contributed by atoms with Crippen molar-refractivity contribution in [1.82, 2.24) is 0 Å². The Morgan fingerprint density at radius 3 is 2.54 bits per heavy atom. The average molecular weight is 185 g/mol. The van der Waals surface area contributed by atoms with Gasteiger partial charge >= 0.3 is 5.97 Å². The number of nitriles is 1. The van der Waals surface area contributed by atoms with E-state index in [-0.39, 0.29) is 6.42 Å². The fraction of sp³-hybridized carbons (Fsp3) is 0.778. The zero-order valence-corrected chi connectivity index (χ0v) is 8.20. The van der Waals surface area contributed by atoms with E-state index in [1.165, 1.54) is 7.11 Å². The quantitative estimate of drug-likeness (QED) is 0.700. The molecule has 13 heavy (non-hydrogen) atoms. The Morgan fingerprint density at radius 2 is 2.23 bits per heavy atom. The van der Waals surface area contributed by atoms with Crippen LogP contribution in [0.2, 0.25) is 0 Å². The average Bonchev–Trinajstić information content (AvgIpc) is 1.99. The van der Waals surface area contributed by atoms with Gasteiger partial charge in [0, 0.05) is 18.9 Å². The number of carbonyl (C=O) groups is 1. The Bertz CT molecular complexity index is 217. The van der Waals surface area contributed by atoms with Gasteiger partial charge in [-0.05, 0) is 0 Å². The van der Waals surface area contributed by atoms with E-state index in [4.69, 9.17) is 15.1 Å². The normalized spacial score (nSPS) is 13.4. The number of ether oxygens (including phenoxy) is 1. The topological polar surface area (TPSA) is 70.3 Å². The zero-order valence-electron chi connectivity index (χ0n) is 8.20. The molecule has 0 fully saturated rings. The van der Waals surface area contributed by atoms with Gasteiger partial charge in [0.2, 0.25) is 0 Å². The SMILES string of the molecule is COCC(C)(C)C(CC#N)C(=O)O. The highest BCUT2D eigenvalue weighted by atomic mass is 16.5. The summed E-state index contributed by atoms with van der Waals surface area (Å²) in [5.41, 5.74) is -0.504. The van der Waals surface area contributed by atoms with E-state index >= 15 is 0 Å². The predicted molar refractivity (Wildman–Crippen MR) is 47.0 cm³/mol. The summed E-state index contributed by atoms with van der Waals surface area (Å²) in [5.74, 6) is -1.61. The molecule has 4 heteroatoms. The molecule has 0 aliphatic rings. The molecule has 0 saturated heterocycles. The lowest BCUT2D eigenvalue weighted by Crippen LogP contribution is -2.34. The van der Waals surface area contributed by atoms with Crippen LogP contribution >= 0.6 is 0 Å². The summed E-state index contributed by atoms with van der Waals surface area (Å²) in [7, 11) is 1.52. The van der Waals surface area contributed by atoms with Gasteiger partial charge in [0.15, 0.2) is 0 Å². The minimum atomic E-state index is -0.941. The monoisotopic (exact) mass is 185 g/mol. The second kappa shape index (κ2) is 4.83. The molecule has 0 aromatic carbocycles. The molecule has 4 nitrogen and oxygen atoms in total. The molecule has 74 valence electrons. The number of carboxylic acids is 1. The first-order valence-electron chi connectivity index (χ1n) is 4.04. The Balaban J connectivity index is 4.53. The lowest BCUT2D eigenvalue weighted by atomic mass is 9.78. The first-order chi connectivity index (χ1) is 5.95. The van der Waals surface area contributed by atoms with E-state index in [9.17, 15) is 4.79 Å². The van der Waals surface area contributed by atoms with Crippen molar-refractivity contribution in [1.29, 1.82) is 5.26 Å². The molecule has 1 atom stereocenters. The van der Waals surface area contributed by atoms with Gasteiger partial charge in [-0.3, -0.25) is 4.79 Å². The van der Waals surface area contributed by atoms with Crippen LogP contribution < -0.4 is 0 Å². The predicted octanol–water partition coefficient (Wildman–Crippen LogP) is 1.27. The summed E-state index contributed by atoms with van der Waals surface area (Å²) < 4.78 is 4.91. The van der Waals surface area contributed by atoms with Crippen molar-refractivity contribution in [3.8, 4) is 6.07 Å². The summed E-state index contributed by atoms with van der Waals surface area (Å²) >= 11 is 0. The minimum Gasteiger partial charge on any atom is -0.481 e. The molecule has 0 spiro atoms. The van der Waals surface area contributed by atoms with Crippen molar-refractivity contribution >= 4 is 5.97 Å². The maximum absolute atomic E-state index is 10.8. The molecule has 0 aromatic rings. The van der Waals surface area contributed by atoms with E-state index in [2.05, 4.69) is 0 Å². The molecule has 0 saturated carbocycles. The Hall–Kier alpha value is -1.08. The second-order valence-electron chi connectivity index (χ2n) is 3.67. The molecule has 0 amide bonds. The van der Waals surface area contributed by atoms with Gasteiger partial charge in [0.1, 0.15) is 0 Å². The highest BCUT2D eigenvalue weighted by molar-refractivity contribution is 5.71. The van der Waals surface area contributed by atoms with Gasteiger partial charge in [0.05, 0.1) is 18.6 Å². The Kier molecular flexibility index (Phi) is 4.43. The standard InChI is InChI=1S/C9H15NO3/c1-9(2,6-13-3)7(4-5-10)8(11)12/h7H,4,6H2,1-3H3,(H,11,12). The maximum atomic E-state index is 10.8. The summed E-state index contributed by atoms with van der Waals surface area (Å²) in [6.45, 7) is 3.91. The summed E-state index contributed by atoms with van der Waals surface area (Å²) in [6, 6.07) is 1.88. The van der Waals surface area contributed by atoms with Crippen molar-refractivity contribution in [2.75, 3.05) is 13.7 Å². The molecule has 1 N–H and O–H groups in total. The van der Waals surface area contributed by atoms with Crippen molar-refractivity contribution in [3.63, 3.8) is 0 Å². The summed E-state index contributed by atoms with van der Waals surface area (Å²) in [4.78, 5) is 10.8. The zero-order chi connectivity index (χ0) is 10.5. The maximum Gasteiger partial charge on any atom is 0.308 e. The van der Waals surface area contributed by atoms with E-state index in [1.807, 2.05) is 6.07 Å². The number of hydrogen-bond donors (Lipinski definition) is 1. The third kappa shape index (κ3) is 3.43. The molecular formula is C9H15NO3. The van der Waals surface area contributed by atoms with Crippen LogP contribution in [0.4, 0.5) is 0 Å². The fourth-order valence-electron chi connectivity index (χ4n) is 1.26. The molecule has 0 bridgehead atoms. The molecule has 0 aliphatic heterocycles. The highest BCUT2D eigenvalue weighted by Crippen LogP contribution is 2.29. The van der Waals surface area contributed by atoms with Crippen molar-refractivity contribution < 1.29 is 14.6 Å². The van der Waals surface area contributed by atoms with Gasteiger partial charge in [-0.15, -0.1) is 0 Å². The molecule has 0 radical (unpaired) electrons. The van der Waals surface area contributed by atoms with Crippen molar-refractivity contribution in [2.24, 2.45) is 11.3 Å². The fourth-order valence-corrected chi connectivity index (χ4v) is 1.26. The van der Waals surface area contributed by atoms with Crippen LogP contribution in [-0.4, -0.2) is 24.8 Å². The van der Waals surface area contributed by atoms with Crippen LogP contribution in [-0.2, 0) is 9.53 Å². The van der Waals surface area contributed by atoms with E-state index in [1.54, 1.807) is 13.8 Å². The third-order valence-corrected chi connectivity index (χ3v) is 2.05. The Morgan fingerprint density at radius 1 is 1.69 bits per heavy atom. The van der Waals surface area contributed by atoms with Crippen molar-refractivity contribution in [2.45, 2.75) is 20.3 Å². The van der Waals surface area contributed by atoms with Crippen LogP contribution in [0.3, 0.4) is 0 Å². The largest absolute Gasteiger partial charge is 0.481 e. The smallest absolute Gasteiger partial charge is 0.308 e. The van der Waals surface area contributed by atoms with E-state index < -0.39 is 17.3 Å². The van der Waals surface area contributed by atoms with Gasteiger partial charge in [-0.25, -0.2) is 0 Å². The number of rotatable bonds is 5. The number of nitrogens with zero attached hydrogens (tertiary/aromatic N) is 1. The summed E-state index contributed by atoms with van der Waals surface area (Å²) in [6.07, 6.45) is 0.0195. The summed E-state index contributed by atoms with van der Waals surface area (Å²) in [5, 5.41) is 17.3. The van der Waals surface area contributed by atoms with Gasteiger partial charge in [-0.2, -0.15) is 5.26 Å². The van der Waals surface area contributed by atoms with Crippen LogP contribution in [0.1, 0.15) is 20.3 Å². The molecule has 0 rings (SSSR count). The minimum absolute atomic E-state index is 0.0195. The molecule has 0 heterocycles. The van der Waals surface area contributed by atoms with Crippen molar-refractivity contribution in [3.05, 3.63) is 0 Å². The molecule has 0 aliphatic carbocycles. The number of carboxylic acid groups (broad SMARTS) is 1. The number of aliphatic carboxylic acids is 1. The van der Waals surface area contributed by atoms with Crippen LogP contribution in [0, 0.1) is 22.7 Å². The van der Waals surface area contributed by atoms with Crippen LogP contribution in [0.5, 0.6) is 0 Å². The van der Waals surface area contributed by atoms with Gasteiger partial charge in [-0.1, -0.05) is 13.8 Å². The Labute approximate surface area is 78.1 Å². The van der Waals surface area contributed by atoms with Crippen LogP contribution in [0.25, 0.3) is 0 Å². The highest BCUT2D eigenvalue weighted by Gasteiger charge is 2.34. The lowest BCUT2D eigenvalue weighted by molar-refractivity contribution is -0.147. The van der Waals surface area contributed by atoms with E-state index in [0.717, 1.165) is 0 Å². The number of methoxy groups -OCH3 is 1. The molecule has 1 unspecified atom stereocenters. The van der Waals surface area contributed by atoms with Crippen LogP contribution in [0.15, 0.2) is 0 Å². The first kappa shape index (κ1) is 11.9. The molecule has 0 aromatic heterocycles.